The summed E-state index contributed by atoms with van der Waals surface area (Å²) < 4.78 is 10.5. The SMILES string of the molecule is COc1cc(/C=N\Nc2nc3c(c(=O)[nH]2)CN(Cc2ccccc2)CC3)cc(Cl)c1OC. The Balaban J connectivity index is 1.45. The van der Waals surface area contributed by atoms with E-state index in [9.17, 15) is 4.79 Å². The molecule has 2 N–H and O–H groups in total. The Morgan fingerprint density at radius 2 is 2.06 bits per heavy atom. The van der Waals surface area contributed by atoms with E-state index in [1.54, 1.807) is 18.3 Å². The molecular weight excluding hydrogens is 430 g/mol. The van der Waals surface area contributed by atoms with Gasteiger partial charge in [0.05, 0.1) is 36.7 Å². The first-order chi connectivity index (χ1) is 15.6. The van der Waals surface area contributed by atoms with Crippen molar-refractivity contribution in [2.45, 2.75) is 19.5 Å². The molecule has 4 rings (SSSR count). The first kappa shape index (κ1) is 21.9. The van der Waals surface area contributed by atoms with Crippen molar-refractivity contribution in [1.29, 1.82) is 0 Å². The lowest BCUT2D eigenvalue weighted by atomic mass is 10.1. The minimum Gasteiger partial charge on any atom is -0.493 e. The van der Waals surface area contributed by atoms with Crippen LogP contribution >= 0.6 is 11.6 Å². The number of aromatic nitrogens is 2. The summed E-state index contributed by atoms with van der Waals surface area (Å²) >= 11 is 6.22. The Labute approximate surface area is 190 Å². The van der Waals surface area contributed by atoms with Crippen LogP contribution < -0.4 is 20.5 Å². The second kappa shape index (κ2) is 9.84. The summed E-state index contributed by atoms with van der Waals surface area (Å²) in [7, 11) is 3.06. The molecule has 9 heteroatoms. The number of aromatic amines is 1. The van der Waals surface area contributed by atoms with Gasteiger partial charge in [-0.2, -0.15) is 5.10 Å². The quantitative estimate of drug-likeness (QED) is 0.420. The van der Waals surface area contributed by atoms with Crippen molar-refractivity contribution in [3.8, 4) is 11.5 Å². The molecule has 0 bridgehead atoms. The number of nitrogens with zero attached hydrogens (tertiary/aromatic N) is 3. The number of benzene rings is 2. The van der Waals surface area contributed by atoms with Crippen molar-refractivity contribution < 1.29 is 9.47 Å². The first-order valence-electron chi connectivity index (χ1n) is 10.2. The highest BCUT2D eigenvalue weighted by atomic mass is 35.5. The minimum absolute atomic E-state index is 0.153. The van der Waals surface area contributed by atoms with E-state index in [1.807, 2.05) is 18.2 Å². The summed E-state index contributed by atoms with van der Waals surface area (Å²) in [4.78, 5) is 22.2. The summed E-state index contributed by atoms with van der Waals surface area (Å²) in [6.45, 7) is 2.21. The number of H-pyrrole nitrogens is 1. The molecule has 2 aromatic carbocycles. The molecule has 3 aromatic rings. The number of nitrogens with one attached hydrogen (secondary N) is 2. The predicted octanol–water partition coefficient (Wildman–Crippen LogP) is 3.44. The third-order valence-electron chi connectivity index (χ3n) is 5.24. The van der Waals surface area contributed by atoms with Crippen LogP contribution in [0, 0.1) is 0 Å². The van der Waals surface area contributed by atoms with Crippen molar-refractivity contribution in [2.24, 2.45) is 5.10 Å². The van der Waals surface area contributed by atoms with Crippen molar-refractivity contribution >= 4 is 23.8 Å². The van der Waals surface area contributed by atoms with Crippen molar-refractivity contribution in [3.63, 3.8) is 0 Å². The van der Waals surface area contributed by atoms with Gasteiger partial charge in [0, 0.05) is 26.1 Å². The summed E-state index contributed by atoms with van der Waals surface area (Å²) in [5.74, 6) is 1.26. The van der Waals surface area contributed by atoms with Gasteiger partial charge >= 0.3 is 0 Å². The molecule has 0 saturated heterocycles. The average Bonchev–Trinajstić information content (AvgIpc) is 2.80. The highest BCUT2D eigenvalue weighted by Gasteiger charge is 2.21. The van der Waals surface area contributed by atoms with Crippen LogP contribution in [0.15, 0.2) is 52.4 Å². The number of halogens is 1. The fourth-order valence-electron chi connectivity index (χ4n) is 3.69. The molecule has 1 aliphatic rings. The zero-order valence-corrected chi connectivity index (χ0v) is 18.6. The molecule has 1 aliphatic heterocycles. The minimum atomic E-state index is -0.153. The third kappa shape index (κ3) is 4.92. The second-order valence-corrected chi connectivity index (χ2v) is 7.80. The van der Waals surface area contributed by atoms with E-state index in [2.05, 4.69) is 37.5 Å². The molecular formula is C23H24ClN5O3. The Hall–Kier alpha value is -3.36. The lowest BCUT2D eigenvalue weighted by Crippen LogP contribution is -2.35. The zero-order chi connectivity index (χ0) is 22.5. The summed E-state index contributed by atoms with van der Waals surface area (Å²) in [5, 5.41) is 4.58. The summed E-state index contributed by atoms with van der Waals surface area (Å²) in [5.41, 5.74) is 6.07. The first-order valence-corrected chi connectivity index (χ1v) is 10.5. The summed E-state index contributed by atoms with van der Waals surface area (Å²) in [6.07, 6.45) is 2.27. The molecule has 0 amide bonds. The van der Waals surface area contributed by atoms with E-state index in [1.165, 1.54) is 19.8 Å². The van der Waals surface area contributed by atoms with Gasteiger partial charge < -0.3 is 9.47 Å². The Kier molecular flexibility index (Phi) is 6.72. The molecule has 0 unspecified atom stereocenters. The maximum atomic E-state index is 12.7. The largest absolute Gasteiger partial charge is 0.493 e. The number of hydrazone groups is 1. The normalized spacial score (nSPS) is 13.7. The van der Waals surface area contributed by atoms with E-state index in [0.717, 1.165) is 18.8 Å². The topological polar surface area (TPSA) is 91.8 Å². The van der Waals surface area contributed by atoms with Crippen LogP contribution in [-0.2, 0) is 19.5 Å². The van der Waals surface area contributed by atoms with Crippen LogP contribution in [0.25, 0.3) is 0 Å². The van der Waals surface area contributed by atoms with Gasteiger partial charge in [-0.15, -0.1) is 0 Å². The number of hydrogen-bond donors (Lipinski definition) is 2. The van der Waals surface area contributed by atoms with E-state index in [0.29, 0.717) is 46.6 Å². The maximum Gasteiger partial charge on any atom is 0.257 e. The molecule has 0 aliphatic carbocycles. The Bertz CT molecular complexity index is 1180. The van der Waals surface area contributed by atoms with Gasteiger partial charge in [-0.3, -0.25) is 14.7 Å². The molecule has 166 valence electrons. The molecule has 0 saturated carbocycles. The number of ether oxygens (including phenoxy) is 2. The van der Waals surface area contributed by atoms with E-state index in [-0.39, 0.29) is 5.56 Å². The predicted molar refractivity (Wildman–Crippen MR) is 125 cm³/mol. The molecule has 0 fully saturated rings. The highest BCUT2D eigenvalue weighted by molar-refractivity contribution is 6.32. The number of rotatable bonds is 7. The van der Waals surface area contributed by atoms with Crippen LogP contribution in [0.4, 0.5) is 5.95 Å². The smallest absolute Gasteiger partial charge is 0.257 e. The van der Waals surface area contributed by atoms with Gasteiger partial charge in [0.25, 0.3) is 5.56 Å². The maximum absolute atomic E-state index is 12.7. The molecule has 8 nitrogen and oxygen atoms in total. The standard InChI is InChI=1S/C23H24ClN5O3/c1-31-20-11-16(10-18(24)21(20)32-2)12-25-28-23-26-19-8-9-29(14-17(19)22(30)27-23)13-15-6-4-3-5-7-15/h3-7,10-12H,8-9,13-14H2,1-2H3,(H2,26,27,28,30)/b25-12-. The third-order valence-corrected chi connectivity index (χ3v) is 5.52. The number of methoxy groups -OCH3 is 2. The fraction of sp³-hybridized carbons (Fsp3) is 0.261. The second-order valence-electron chi connectivity index (χ2n) is 7.39. The summed E-state index contributed by atoms with van der Waals surface area (Å²) in [6, 6.07) is 13.7. The number of anilines is 1. The number of hydrogen-bond acceptors (Lipinski definition) is 7. The van der Waals surface area contributed by atoms with E-state index in [4.69, 9.17) is 21.1 Å². The Morgan fingerprint density at radius 1 is 1.25 bits per heavy atom. The highest BCUT2D eigenvalue weighted by Crippen LogP contribution is 2.35. The van der Waals surface area contributed by atoms with Crippen LogP contribution in [0.5, 0.6) is 11.5 Å². The fourth-order valence-corrected chi connectivity index (χ4v) is 3.99. The van der Waals surface area contributed by atoms with Crippen molar-refractivity contribution in [3.05, 3.63) is 80.2 Å². The monoisotopic (exact) mass is 453 g/mol. The van der Waals surface area contributed by atoms with Gasteiger partial charge in [0.2, 0.25) is 5.95 Å². The molecule has 1 aromatic heterocycles. The van der Waals surface area contributed by atoms with Crippen LogP contribution in [0.2, 0.25) is 5.02 Å². The van der Waals surface area contributed by atoms with Gasteiger partial charge in [0.1, 0.15) is 0 Å². The van der Waals surface area contributed by atoms with E-state index >= 15 is 0 Å². The molecule has 2 heterocycles. The van der Waals surface area contributed by atoms with Gasteiger partial charge in [-0.05, 0) is 23.3 Å². The van der Waals surface area contributed by atoms with Gasteiger partial charge in [-0.25, -0.2) is 10.4 Å². The van der Waals surface area contributed by atoms with Gasteiger partial charge in [-0.1, -0.05) is 41.9 Å². The van der Waals surface area contributed by atoms with Crippen LogP contribution in [0.1, 0.15) is 22.4 Å². The lowest BCUT2D eigenvalue weighted by Gasteiger charge is -2.27. The number of fused-ring (bicyclic) bond motifs is 1. The van der Waals surface area contributed by atoms with E-state index < -0.39 is 0 Å². The van der Waals surface area contributed by atoms with Crippen LogP contribution in [0.3, 0.4) is 0 Å². The lowest BCUT2D eigenvalue weighted by molar-refractivity contribution is 0.242. The van der Waals surface area contributed by atoms with Crippen molar-refractivity contribution in [1.82, 2.24) is 14.9 Å². The Morgan fingerprint density at radius 3 is 2.81 bits per heavy atom. The zero-order valence-electron chi connectivity index (χ0n) is 17.9. The molecule has 0 radical (unpaired) electrons. The average molecular weight is 454 g/mol. The van der Waals surface area contributed by atoms with Gasteiger partial charge in [0.15, 0.2) is 11.5 Å². The molecule has 32 heavy (non-hydrogen) atoms. The van der Waals surface area contributed by atoms with Crippen molar-refractivity contribution in [2.75, 3.05) is 26.2 Å². The molecule has 0 atom stereocenters. The molecule has 0 spiro atoms. The van der Waals surface area contributed by atoms with Crippen LogP contribution in [-0.4, -0.2) is 41.8 Å².